The highest BCUT2D eigenvalue weighted by Crippen LogP contribution is 2.16. The number of nitrogens with zero attached hydrogens (tertiary/aromatic N) is 1. The Hall–Kier alpha value is -2.63. The van der Waals surface area contributed by atoms with Gasteiger partial charge < -0.3 is 9.26 Å². The number of nitrogens with one attached hydrogen (secondary N) is 1. The van der Waals surface area contributed by atoms with Crippen molar-refractivity contribution in [2.75, 3.05) is 5.32 Å². The first-order valence-electron chi connectivity index (χ1n) is 5.58. The summed E-state index contributed by atoms with van der Waals surface area (Å²) in [6.45, 7) is 3.05. The van der Waals surface area contributed by atoms with Gasteiger partial charge in [-0.2, -0.15) is 0 Å². The largest absolute Gasteiger partial charge is 0.427 e. The normalized spacial score (nSPS) is 10.0. The summed E-state index contributed by atoms with van der Waals surface area (Å²) in [6.07, 6.45) is 0. The van der Waals surface area contributed by atoms with Gasteiger partial charge in [0.2, 0.25) is 5.88 Å². The molecule has 0 saturated heterocycles. The number of amides is 1. The molecule has 0 aliphatic rings. The molecule has 1 heterocycles. The van der Waals surface area contributed by atoms with Gasteiger partial charge in [0.15, 0.2) is 0 Å². The molecule has 0 atom stereocenters. The number of hydrogen-bond acceptors (Lipinski definition) is 5. The number of hydrogen-bond donors (Lipinski definition) is 1. The quantitative estimate of drug-likeness (QED) is 0.675. The molecule has 2 rings (SSSR count). The first-order valence-corrected chi connectivity index (χ1v) is 5.58. The van der Waals surface area contributed by atoms with Crippen LogP contribution in [0.5, 0.6) is 5.75 Å². The van der Waals surface area contributed by atoms with E-state index in [0.717, 1.165) is 0 Å². The van der Waals surface area contributed by atoms with Crippen LogP contribution in [-0.4, -0.2) is 17.0 Å². The van der Waals surface area contributed by atoms with Crippen molar-refractivity contribution in [3.05, 3.63) is 41.6 Å². The Bertz CT molecular complexity index is 619. The Morgan fingerprint density at radius 2 is 2.11 bits per heavy atom. The predicted molar refractivity (Wildman–Crippen MR) is 66.9 cm³/mol. The van der Waals surface area contributed by atoms with Crippen LogP contribution in [0.1, 0.15) is 23.0 Å². The number of ether oxygens (including phenoxy) is 1. The molecule has 0 unspecified atom stereocenters. The second kappa shape index (κ2) is 5.34. The van der Waals surface area contributed by atoms with Crippen molar-refractivity contribution >= 4 is 17.8 Å². The molecular weight excluding hydrogens is 248 g/mol. The molecule has 1 aromatic carbocycles. The molecule has 0 spiro atoms. The second-order valence-corrected chi connectivity index (χ2v) is 3.91. The second-order valence-electron chi connectivity index (χ2n) is 3.91. The van der Waals surface area contributed by atoms with Crippen LogP contribution < -0.4 is 10.1 Å². The Morgan fingerprint density at radius 1 is 1.32 bits per heavy atom. The van der Waals surface area contributed by atoms with E-state index in [1.54, 1.807) is 31.2 Å². The van der Waals surface area contributed by atoms with Crippen molar-refractivity contribution in [3.63, 3.8) is 0 Å². The third kappa shape index (κ3) is 3.41. The number of aryl methyl sites for hydroxylation is 1. The molecule has 6 heteroatoms. The summed E-state index contributed by atoms with van der Waals surface area (Å²) in [5.74, 6) is -0.233. The van der Waals surface area contributed by atoms with E-state index in [-0.39, 0.29) is 11.8 Å². The lowest BCUT2D eigenvalue weighted by Gasteiger charge is -2.04. The Morgan fingerprint density at radius 3 is 2.74 bits per heavy atom. The van der Waals surface area contributed by atoms with Gasteiger partial charge in [-0.1, -0.05) is 11.2 Å². The maximum Gasteiger partial charge on any atom is 0.308 e. The van der Waals surface area contributed by atoms with Gasteiger partial charge in [-0.3, -0.25) is 14.9 Å². The zero-order chi connectivity index (χ0) is 13.8. The van der Waals surface area contributed by atoms with Crippen LogP contribution in [-0.2, 0) is 4.79 Å². The Labute approximate surface area is 109 Å². The van der Waals surface area contributed by atoms with Gasteiger partial charge in [0.1, 0.15) is 5.75 Å². The van der Waals surface area contributed by atoms with Gasteiger partial charge in [0.05, 0.1) is 5.69 Å². The van der Waals surface area contributed by atoms with E-state index in [9.17, 15) is 9.59 Å². The van der Waals surface area contributed by atoms with Crippen LogP contribution in [0.4, 0.5) is 5.88 Å². The van der Waals surface area contributed by atoms with E-state index >= 15 is 0 Å². The number of esters is 1. The lowest BCUT2D eigenvalue weighted by molar-refractivity contribution is -0.131. The lowest BCUT2D eigenvalue weighted by atomic mass is 10.2. The van der Waals surface area contributed by atoms with Gasteiger partial charge in [-0.15, -0.1) is 0 Å². The van der Waals surface area contributed by atoms with E-state index in [1.165, 1.54) is 13.0 Å². The smallest absolute Gasteiger partial charge is 0.308 e. The van der Waals surface area contributed by atoms with Crippen LogP contribution in [0.15, 0.2) is 34.9 Å². The molecular formula is C13H12N2O4. The highest BCUT2D eigenvalue weighted by atomic mass is 16.5. The minimum Gasteiger partial charge on any atom is -0.427 e. The van der Waals surface area contributed by atoms with Crippen molar-refractivity contribution in [2.24, 2.45) is 0 Å². The third-order valence-corrected chi connectivity index (χ3v) is 2.22. The summed E-state index contributed by atoms with van der Waals surface area (Å²) in [7, 11) is 0. The highest BCUT2D eigenvalue weighted by molar-refractivity contribution is 6.03. The molecule has 0 bridgehead atoms. The van der Waals surface area contributed by atoms with Crippen LogP contribution >= 0.6 is 0 Å². The van der Waals surface area contributed by atoms with Crippen molar-refractivity contribution < 1.29 is 18.8 Å². The van der Waals surface area contributed by atoms with E-state index in [2.05, 4.69) is 10.5 Å². The summed E-state index contributed by atoms with van der Waals surface area (Å²) in [5, 5.41) is 6.21. The molecule has 0 aliphatic carbocycles. The molecule has 1 aromatic heterocycles. The fourth-order valence-corrected chi connectivity index (χ4v) is 1.47. The van der Waals surface area contributed by atoms with Crippen LogP contribution in [0.3, 0.4) is 0 Å². The molecule has 1 N–H and O–H groups in total. The SMILES string of the molecule is CC(=O)Oc1cccc(C(=O)Nc2cc(C)no2)c1. The van der Waals surface area contributed by atoms with Gasteiger partial charge in [-0.05, 0) is 25.1 Å². The van der Waals surface area contributed by atoms with E-state index in [1.807, 2.05) is 0 Å². The van der Waals surface area contributed by atoms with Crippen LogP contribution in [0, 0.1) is 6.92 Å². The number of carbonyl (C=O) groups is 2. The molecule has 98 valence electrons. The van der Waals surface area contributed by atoms with Crippen LogP contribution in [0.25, 0.3) is 0 Å². The van der Waals surface area contributed by atoms with E-state index < -0.39 is 5.97 Å². The summed E-state index contributed by atoms with van der Waals surface area (Å²) in [4.78, 5) is 22.8. The predicted octanol–water partition coefficient (Wildman–Crippen LogP) is 2.16. The van der Waals surface area contributed by atoms with Crippen molar-refractivity contribution in [1.82, 2.24) is 5.16 Å². The van der Waals surface area contributed by atoms with Crippen molar-refractivity contribution in [1.29, 1.82) is 0 Å². The molecule has 0 aliphatic heterocycles. The summed E-state index contributed by atoms with van der Waals surface area (Å²) in [6, 6.07) is 7.90. The third-order valence-electron chi connectivity index (χ3n) is 2.22. The fourth-order valence-electron chi connectivity index (χ4n) is 1.47. The molecule has 1 amide bonds. The summed E-state index contributed by atoms with van der Waals surface area (Å²) < 4.78 is 9.79. The summed E-state index contributed by atoms with van der Waals surface area (Å²) >= 11 is 0. The molecule has 6 nitrogen and oxygen atoms in total. The maximum absolute atomic E-state index is 11.9. The number of aromatic nitrogens is 1. The highest BCUT2D eigenvalue weighted by Gasteiger charge is 2.10. The summed E-state index contributed by atoms with van der Waals surface area (Å²) in [5.41, 5.74) is 1.02. The zero-order valence-electron chi connectivity index (χ0n) is 10.5. The lowest BCUT2D eigenvalue weighted by Crippen LogP contribution is -2.11. The van der Waals surface area contributed by atoms with Gasteiger partial charge in [-0.25, -0.2) is 0 Å². The number of benzene rings is 1. The average Bonchev–Trinajstić information content (AvgIpc) is 2.74. The van der Waals surface area contributed by atoms with Crippen molar-refractivity contribution in [2.45, 2.75) is 13.8 Å². The topological polar surface area (TPSA) is 81.4 Å². The number of anilines is 1. The van der Waals surface area contributed by atoms with Gasteiger partial charge in [0.25, 0.3) is 5.91 Å². The minimum absolute atomic E-state index is 0.264. The first kappa shape index (κ1) is 12.8. The number of carbonyl (C=O) groups excluding carboxylic acids is 2. The minimum atomic E-state index is -0.441. The van der Waals surface area contributed by atoms with Crippen molar-refractivity contribution in [3.8, 4) is 5.75 Å². The molecule has 0 saturated carbocycles. The molecule has 2 aromatic rings. The molecule has 19 heavy (non-hydrogen) atoms. The maximum atomic E-state index is 11.9. The average molecular weight is 260 g/mol. The van der Waals surface area contributed by atoms with E-state index in [0.29, 0.717) is 17.0 Å². The Kier molecular flexibility index (Phi) is 3.61. The van der Waals surface area contributed by atoms with Gasteiger partial charge in [0, 0.05) is 18.6 Å². The standard InChI is InChI=1S/C13H12N2O4/c1-8-6-12(19-15-8)14-13(17)10-4-3-5-11(7-10)18-9(2)16/h3-7H,1-2H3,(H,14,17). The Balaban J connectivity index is 2.12. The molecule has 0 fully saturated rings. The van der Waals surface area contributed by atoms with E-state index in [4.69, 9.17) is 9.26 Å². The fraction of sp³-hybridized carbons (Fsp3) is 0.154. The zero-order valence-corrected chi connectivity index (χ0v) is 10.5. The van der Waals surface area contributed by atoms with Gasteiger partial charge >= 0.3 is 5.97 Å². The molecule has 0 radical (unpaired) electrons. The first-order chi connectivity index (χ1) is 9.04. The van der Waals surface area contributed by atoms with Crippen LogP contribution in [0.2, 0.25) is 0 Å². The number of rotatable bonds is 3. The monoisotopic (exact) mass is 260 g/mol.